The van der Waals surface area contributed by atoms with E-state index in [1.807, 2.05) is 30.6 Å². The standard InChI is InChI=1S/2C23H19FN2OS.2C22H16F2N2S/c1-27-21-4-2-14(11-20(21)24)18-10-19(13-25-12-18)17-8-15-3-5-22(28)26-7-6-16(9-17)23(15)26;1-27-21-11-14(2-4-20(21)24)18-10-19(13-25-12-18)17-8-15-3-5-22(28)26-7-6-16(9-17)23(15)26;23-18-2-3-20(24)19(10-18)17-9-16(11-25-12-17)15-7-13-1-4-21(27)26-6-5-14(8-15)22(13)26;23-19-8-16(9-20(24)10-19)18-7-17(11-25-12-18)15-5-13-1-2-21(27)26-4-3-14(6-15)22(13)26/h2*2,4,8-13H,3,5-7H2,1H3;2-3,7-12H,1,4-6H2;5-12H,1-4H2. The number of nitrogens with zero attached hydrogens (tertiary/aromatic N) is 8. The minimum atomic E-state index is -0.589. The molecule has 0 atom stereocenters. The van der Waals surface area contributed by atoms with Crippen LogP contribution in [0.3, 0.4) is 0 Å². The molecule has 0 spiro atoms. The molecular weight excluding hydrogens is 1470 g/mol. The van der Waals surface area contributed by atoms with E-state index < -0.39 is 23.3 Å². The van der Waals surface area contributed by atoms with Gasteiger partial charge >= 0.3 is 0 Å². The smallest absolute Gasteiger partial charge is 0.165 e. The summed E-state index contributed by atoms with van der Waals surface area (Å²) < 4.78 is 92.9. The average Bonchev–Trinajstić information content (AvgIpc) is 1.58. The number of benzene rings is 8. The van der Waals surface area contributed by atoms with Crippen LogP contribution < -0.4 is 29.1 Å². The zero-order chi connectivity index (χ0) is 75.6. The average molecular weight is 1540 g/mol. The molecule has 0 unspecified atom stereocenters. The molecule has 20 heteroatoms. The van der Waals surface area contributed by atoms with Crippen molar-refractivity contribution in [3.63, 3.8) is 0 Å². The van der Waals surface area contributed by atoms with Gasteiger partial charge in [-0.3, -0.25) is 19.9 Å². The molecule has 0 N–H and O–H groups in total. The summed E-state index contributed by atoms with van der Waals surface area (Å²) in [5.74, 6) is -2.35. The molecule has 0 aliphatic carbocycles. The van der Waals surface area contributed by atoms with Crippen LogP contribution in [0.25, 0.3) is 89.0 Å². The number of thiocarbonyl (C=S) groups is 4. The lowest BCUT2D eigenvalue weighted by molar-refractivity contribution is 0.386. The number of halogens is 6. The topological polar surface area (TPSA) is 83.0 Å². The maximum absolute atomic E-state index is 14.2. The zero-order valence-corrected chi connectivity index (χ0v) is 63.3. The predicted octanol–water partition coefficient (Wildman–Crippen LogP) is 21.1. The second-order valence-corrected chi connectivity index (χ2v) is 30.5. The van der Waals surface area contributed by atoms with Crippen LogP contribution in [0, 0.1) is 34.9 Å². The fraction of sp³-hybridized carbons (Fsp3) is 0.200. The molecule has 20 rings (SSSR count). The van der Waals surface area contributed by atoms with Crippen LogP contribution in [0.15, 0.2) is 195 Å². The zero-order valence-electron chi connectivity index (χ0n) is 60.1. The van der Waals surface area contributed by atoms with Gasteiger partial charge in [-0.05, 0) is 262 Å². The van der Waals surface area contributed by atoms with Gasteiger partial charge in [-0.2, -0.15) is 0 Å². The Morgan fingerprint density at radius 1 is 0.255 bits per heavy atom. The SMILES string of the molecule is COc1cc(-c2cncc(-c3cc4c5c(c3)CCN5C(=S)CC4)c2)ccc1F.COc1ccc(-c2cncc(-c3cc4c5c(c3)CCN5C(=S)CC4)c2)cc1F.Fc1cc(F)cc(-c2cncc(-c3cc4c5c(c3)CCN5C(=S)CC4)c2)c1.Fc1ccc(F)c(-c2cncc(-c3cc4c5c(c3)CCN5C(=S)CC4)c2)c1. The fourth-order valence-electron chi connectivity index (χ4n) is 16.6. The number of hydrogen-bond donors (Lipinski definition) is 0. The van der Waals surface area contributed by atoms with Gasteiger partial charge in [-0.1, -0.05) is 61.0 Å². The first-order valence-corrected chi connectivity index (χ1v) is 38.4. The highest BCUT2D eigenvalue weighted by molar-refractivity contribution is 7.81. The third-order valence-corrected chi connectivity index (χ3v) is 23.6. The summed E-state index contributed by atoms with van der Waals surface area (Å²) in [6.45, 7) is 3.86. The fourth-order valence-corrected chi connectivity index (χ4v) is 17.8. The van der Waals surface area contributed by atoms with E-state index in [9.17, 15) is 26.3 Å². The Kier molecular flexibility index (Phi) is 19.7. The number of methoxy groups -OCH3 is 2. The van der Waals surface area contributed by atoms with Crippen molar-refractivity contribution in [2.75, 3.05) is 60.0 Å². The first kappa shape index (κ1) is 72.0. The number of anilines is 4. The van der Waals surface area contributed by atoms with Crippen molar-refractivity contribution in [3.05, 3.63) is 275 Å². The van der Waals surface area contributed by atoms with Gasteiger partial charge in [0.1, 0.15) is 23.3 Å². The molecule has 0 amide bonds. The van der Waals surface area contributed by atoms with E-state index in [1.54, 1.807) is 55.4 Å². The molecular formula is C90H70F6N8O2S4. The van der Waals surface area contributed by atoms with E-state index in [0.717, 1.165) is 203 Å². The van der Waals surface area contributed by atoms with Crippen molar-refractivity contribution in [2.45, 2.75) is 77.0 Å². The molecule has 8 aliphatic heterocycles. The van der Waals surface area contributed by atoms with Crippen LogP contribution in [0.1, 0.15) is 70.2 Å². The van der Waals surface area contributed by atoms with Crippen molar-refractivity contribution in [1.29, 1.82) is 0 Å². The largest absolute Gasteiger partial charge is 0.494 e. The minimum absolute atomic E-state index is 0.225. The first-order chi connectivity index (χ1) is 53.4. The van der Waals surface area contributed by atoms with Crippen molar-refractivity contribution >= 4 is 91.6 Å². The monoisotopic (exact) mass is 1540 g/mol. The van der Waals surface area contributed by atoms with Crippen LogP contribution in [-0.4, -0.2) is 80.3 Å². The van der Waals surface area contributed by atoms with Gasteiger partial charge in [0.25, 0.3) is 0 Å². The molecule has 8 aliphatic rings. The summed E-state index contributed by atoms with van der Waals surface area (Å²) in [7, 11) is 2.94. The molecule has 12 heterocycles. The highest BCUT2D eigenvalue weighted by Gasteiger charge is 2.34. The maximum Gasteiger partial charge on any atom is 0.165 e. The van der Waals surface area contributed by atoms with Crippen molar-refractivity contribution in [3.8, 4) is 101 Å². The quantitative estimate of drug-likeness (QED) is 0.0962. The summed E-state index contributed by atoms with van der Waals surface area (Å²) in [4.78, 5) is 30.7. The predicted molar refractivity (Wildman–Crippen MR) is 441 cm³/mol. The van der Waals surface area contributed by atoms with E-state index in [1.165, 1.54) is 117 Å². The third-order valence-electron chi connectivity index (χ3n) is 21.9. The van der Waals surface area contributed by atoms with Crippen LogP contribution >= 0.6 is 48.9 Å². The Bertz CT molecular complexity index is 5800. The number of aromatic nitrogens is 4. The van der Waals surface area contributed by atoms with Gasteiger partial charge in [0.15, 0.2) is 23.1 Å². The van der Waals surface area contributed by atoms with Gasteiger partial charge in [-0.25, -0.2) is 26.3 Å². The molecule has 4 aromatic heterocycles. The normalized spacial score (nSPS) is 15.1. The maximum atomic E-state index is 14.2. The van der Waals surface area contributed by atoms with Crippen LogP contribution in [0.4, 0.5) is 49.1 Å². The second kappa shape index (κ2) is 30.2. The first-order valence-electron chi connectivity index (χ1n) is 36.7. The van der Waals surface area contributed by atoms with Crippen molar-refractivity contribution in [1.82, 2.24) is 19.9 Å². The van der Waals surface area contributed by atoms with E-state index in [0.29, 0.717) is 16.7 Å². The molecule has 548 valence electrons. The highest BCUT2D eigenvalue weighted by atomic mass is 32.1. The van der Waals surface area contributed by atoms with Gasteiger partial charge in [0.05, 0.1) is 34.2 Å². The number of rotatable bonds is 10. The minimum Gasteiger partial charge on any atom is -0.494 e. The Morgan fingerprint density at radius 2 is 0.564 bits per heavy atom. The third kappa shape index (κ3) is 14.1. The number of aryl methyl sites for hydroxylation is 4. The molecule has 0 saturated carbocycles. The summed E-state index contributed by atoms with van der Waals surface area (Å²) in [6, 6.07) is 42.7. The Labute approximate surface area is 655 Å². The lowest BCUT2D eigenvalue weighted by atomic mass is 9.93. The van der Waals surface area contributed by atoms with Gasteiger partial charge in [-0.15, -0.1) is 0 Å². The van der Waals surface area contributed by atoms with Gasteiger partial charge < -0.3 is 29.1 Å². The van der Waals surface area contributed by atoms with E-state index in [-0.39, 0.29) is 28.7 Å². The van der Waals surface area contributed by atoms with E-state index >= 15 is 0 Å². The van der Waals surface area contributed by atoms with E-state index in [4.69, 9.17) is 58.3 Å². The summed E-state index contributed by atoms with van der Waals surface area (Å²) in [5.41, 5.74) is 29.8. The van der Waals surface area contributed by atoms with E-state index in [2.05, 4.69) is 100 Å². The molecule has 0 saturated heterocycles. The van der Waals surface area contributed by atoms with Crippen LogP contribution in [-0.2, 0) is 51.4 Å². The molecule has 0 radical (unpaired) electrons. The molecule has 0 bridgehead atoms. The number of ether oxygens (including phenoxy) is 2. The lowest BCUT2D eigenvalue weighted by Crippen LogP contribution is -2.31. The Morgan fingerprint density at radius 3 is 0.927 bits per heavy atom. The van der Waals surface area contributed by atoms with Crippen LogP contribution in [0.2, 0.25) is 0 Å². The van der Waals surface area contributed by atoms with Crippen LogP contribution in [0.5, 0.6) is 11.5 Å². The molecule has 10 nitrogen and oxygen atoms in total. The van der Waals surface area contributed by atoms with Crippen molar-refractivity contribution in [2.24, 2.45) is 0 Å². The van der Waals surface area contributed by atoms with Gasteiger partial charge in [0.2, 0.25) is 0 Å². The summed E-state index contributed by atoms with van der Waals surface area (Å²) in [5, 5.41) is 0. The Hall–Kier alpha value is -10.9. The molecule has 12 aromatic rings. The number of pyridine rings is 4. The van der Waals surface area contributed by atoms with Gasteiger partial charge in [0, 0.05) is 180 Å². The second-order valence-electron chi connectivity index (χ2n) is 28.6. The number of hydrogen-bond acceptors (Lipinski definition) is 10. The molecule has 110 heavy (non-hydrogen) atoms. The summed E-state index contributed by atoms with van der Waals surface area (Å²) >= 11 is 22.1. The highest BCUT2D eigenvalue weighted by Crippen LogP contribution is 2.46. The lowest BCUT2D eigenvalue weighted by Gasteiger charge is -2.28. The summed E-state index contributed by atoms with van der Waals surface area (Å²) in [6.07, 6.45) is 25.7. The molecule has 8 aromatic carbocycles. The Balaban J connectivity index is 0.000000107. The molecule has 0 fully saturated rings. The van der Waals surface area contributed by atoms with Crippen molar-refractivity contribution < 1.29 is 35.8 Å².